The number of rotatable bonds is 10. The number of carbonyl (C=O) groups excluding carboxylic acids is 1. The van der Waals surface area contributed by atoms with Crippen LogP contribution in [-0.4, -0.2) is 71.8 Å². The van der Waals surface area contributed by atoms with E-state index in [0.717, 1.165) is 16.9 Å². The lowest BCUT2D eigenvalue weighted by Gasteiger charge is -2.30. The minimum Gasteiger partial charge on any atom is -0.475 e. The van der Waals surface area contributed by atoms with Gasteiger partial charge in [-0.2, -0.15) is 0 Å². The molecule has 0 saturated carbocycles. The topological polar surface area (TPSA) is 117 Å². The van der Waals surface area contributed by atoms with E-state index in [9.17, 15) is 4.79 Å². The van der Waals surface area contributed by atoms with Crippen molar-refractivity contribution < 1.29 is 28.6 Å². The van der Waals surface area contributed by atoms with Crippen LogP contribution in [0.25, 0.3) is 0 Å². The van der Waals surface area contributed by atoms with Gasteiger partial charge in [0.1, 0.15) is 24.9 Å². The first kappa shape index (κ1) is 25.4. The number of piperidine rings is 1. The van der Waals surface area contributed by atoms with Gasteiger partial charge in [-0.1, -0.05) is 0 Å². The van der Waals surface area contributed by atoms with Gasteiger partial charge in [0, 0.05) is 39.1 Å². The summed E-state index contributed by atoms with van der Waals surface area (Å²) in [4.78, 5) is 30.0. The van der Waals surface area contributed by atoms with E-state index < -0.39 is 6.16 Å². The Morgan fingerprint density at radius 1 is 1.18 bits per heavy atom. The number of methoxy groups -OCH3 is 1. The zero-order valence-corrected chi connectivity index (χ0v) is 20.4. The van der Waals surface area contributed by atoms with Crippen LogP contribution in [0.3, 0.4) is 0 Å². The Kier molecular flexibility index (Phi) is 9.23. The lowest BCUT2D eigenvalue weighted by molar-refractivity contribution is -0.151. The molecule has 0 atom stereocenters. The summed E-state index contributed by atoms with van der Waals surface area (Å²) in [6.45, 7) is 9.40. The van der Waals surface area contributed by atoms with E-state index in [1.54, 1.807) is 32.1 Å². The number of nitrogens with one attached hydrogen (secondary N) is 1. The van der Waals surface area contributed by atoms with Crippen molar-refractivity contribution in [2.45, 2.75) is 52.7 Å². The van der Waals surface area contributed by atoms with E-state index in [4.69, 9.17) is 23.8 Å². The highest BCUT2D eigenvalue weighted by Crippen LogP contribution is 2.28. The Morgan fingerprint density at radius 3 is 2.62 bits per heavy atom. The molecule has 11 heteroatoms. The highest BCUT2D eigenvalue weighted by atomic mass is 16.8. The van der Waals surface area contributed by atoms with E-state index in [1.807, 2.05) is 19.9 Å². The normalized spacial score (nSPS) is 14.6. The molecule has 0 bridgehead atoms. The smallest absolute Gasteiger partial charge is 0.475 e. The van der Waals surface area contributed by atoms with E-state index in [0.29, 0.717) is 56.7 Å². The van der Waals surface area contributed by atoms with E-state index >= 15 is 0 Å². The first-order valence-corrected chi connectivity index (χ1v) is 11.3. The number of anilines is 2. The van der Waals surface area contributed by atoms with Crippen molar-refractivity contribution in [1.29, 1.82) is 0 Å². The molecule has 0 aromatic carbocycles. The highest BCUT2D eigenvalue weighted by Gasteiger charge is 2.25. The minimum atomic E-state index is -0.684. The number of pyridine rings is 1. The van der Waals surface area contributed by atoms with Crippen molar-refractivity contribution >= 4 is 17.7 Å². The van der Waals surface area contributed by atoms with E-state index in [-0.39, 0.29) is 12.2 Å². The van der Waals surface area contributed by atoms with Gasteiger partial charge < -0.3 is 29.1 Å². The van der Waals surface area contributed by atoms with Crippen LogP contribution in [0.2, 0.25) is 0 Å². The summed E-state index contributed by atoms with van der Waals surface area (Å²) in [6.07, 6.45) is 1.90. The SMILES string of the molecule is COCCOc1ccc(Nc2ncnc(OC3CCN(OC(=O)OC(C)C)CC3)c2C)c(C)n1. The van der Waals surface area contributed by atoms with Gasteiger partial charge >= 0.3 is 6.16 Å². The van der Waals surface area contributed by atoms with Crippen molar-refractivity contribution in [2.24, 2.45) is 0 Å². The molecule has 0 radical (unpaired) electrons. The van der Waals surface area contributed by atoms with Crippen molar-refractivity contribution in [3.8, 4) is 11.8 Å². The number of hydrogen-bond donors (Lipinski definition) is 1. The van der Waals surface area contributed by atoms with Crippen molar-refractivity contribution in [1.82, 2.24) is 20.0 Å². The number of carbonyl (C=O) groups is 1. The van der Waals surface area contributed by atoms with Gasteiger partial charge in [0.2, 0.25) is 11.8 Å². The second kappa shape index (κ2) is 12.3. The first-order valence-electron chi connectivity index (χ1n) is 11.3. The molecule has 1 N–H and O–H groups in total. The van der Waals surface area contributed by atoms with Crippen LogP contribution >= 0.6 is 0 Å². The summed E-state index contributed by atoms with van der Waals surface area (Å²) in [7, 11) is 1.63. The Morgan fingerprint density at radius 2 is 1.94 bits per heavy atom. The number of aryl methyl sites for hydroxylation is 1. The molecule has 0 aliphatic carbocycles. The monoisotopic (exact) mass is 475 g/mol. The Hall–Kier alpha value is -3.18. The fourth-order valence-electron chi connectivity index (χ4n) is 3.30. The standard InChI is InChI=1S/C23H33N5O6/c1-15(2)32-23(29)34-28-10-8-18(9-11-28)33-22-16(3)21(24-14-25-22)27-19-6-7-20(26-17(19)4)31-13-12-30-5/h6-7,14-15,18H,8-13H2,1-5H3,(H,24,25,27). The van der Waals surface area contributed by atoms with E-state index in [1.165, 1.54) is 6.33 Å². The van der Waals surface area contributed by atoms with Gasteiger partial charge in [0.05, 0.1) is 29.7 Å². The van der Waals surface area contributed by atoms with Crippen LogP contribution in [0, 0.1) is 13.8 Å². The van der Waals surface area contributed by atoms with Crippen molar-refractivity contribution in [3.05, 3.63) is 29.7 Å². The molecule has 0 unspecified atom stereocenters. The fraction of sp³-hybridized carbons (Fsp3) is 0.565. The van der Waals surface area contributed by atoms with Gasteiger partial charge in [0.15, 0.2) is 0 Å². The maximum absolute atomic E-state index is 11.7. The number of aromatic nitrogens is 3. The largest absolute Gasteiger partial charge is 0.528 e. The number of hydroxylamine groups is 2. The van der Waals surface area contributed by atoms with Crippen LogP contribution in [-0.2, 0) is 14.3 Å². The first-order chi connectivity index (χ1) is 16.4. The molecule has 1 aliphatic rings. The summed E-state index contributed by atoms with van der Waals surface area (Å²) in [6, 6.07) is 3.69. The molecule has 0 spiro atoms. The molecular formula is C23H33N5O6. The molecule has 2 aromatic rings. The average Bonchev–Trinajstić information content (AvgIpc) is 2.79. The van der Waals surface area contributed by atoms with Gasteiger partial charge in [0.25, 0.3) is 0 Å². The van der Waals surface area contributed by atoms with Gasteiger partial charge in [-0.3, -0.25) is 0 Å². The predicted octanol–water partition coefficient (Wildman–Crippen LogP) is 3.58. The quantitative estimate of drug-likeness (QED) is 0.401. The predicted molar refractivity (Wildman–Crippen MR) is 124 cm³/mol. The van der Waals surface area contributed by atoms with Crippen LogP contribution in [0.5, 0.6) is 11.8 Å². The molecule has 1 saturated heterocycles. The van der Waals surface area contributed by atoms with Crippen LogP contribution in [0.1, 0.15) is 37.9 Å². The Balaban J connectivity index is 1.56. The summed E-state index contributed by atoms with van der Waals surface area (Å²) in [5.41, 5.74) is 2.38. The van der Waals surface area contributed by atoms with Gasteiger partial charge in [-0.15, -0.1) is 5.06 Å². The molecule has 0 amide bonds. The summed E-state index contributed by atoms with van der Waals surface area (Å²) < 4.78 is 21.7. The fourth-order valence-corrected chi connectivity index (χ4v) is 3.30. The molecule has 3 rings (SSSR count). The molecule has 34 heavy (non-hydrogen) atoms. The number of hydrogen-bond acceptors (Lipinski definition) is 11. The third kappa shape index (κ3) is 7.42. The summed E-state index contributed by atoms with van der Waals surface area (Å²) in [5.74, 6) is 1.69. The molecule has 186 valence electrons. The molecular weight excluding hydrogens is 442 g/mol. The molecule has 1 aliphatic heterocycles. The lowest BCUT2D eigenvalue weighted by atomic mass is 10.1. The van der Waals surface area contributed by atoms with E-state index in [2.05, 4.69) is 20.3 Å². The highest BCUT2D eigenvalue weighted by molar-refractivity contribution is 5.62. The summed E-state index contributed by atoms with van der Waals surface area (Å²) >= 11 is 0. The maximum Gasteiger partial charge on any atom is 0.528 e. The van der Waals surface area contributed by atoms with Crippen LogP contribution in [0.15, 0.2) is 18.5 Å². The third-order valence-electron chi connectivity index (χ3n) is 5.10. The second-order valence-corrected chi connectivity index (χ2v) is 8.16. The van der Waals surface area contributed by atoms with Gasteiger partial charge in [-0.25, -0.2) is 19.7 Å². The summed E-state index contributed by atoms with van der Waals surface area (Å²) in [5, 5.41) is 4.90. The lowest BCUT2D eigenvalue weighted by Crippen LogP contribution is -2.40. The third-order valence-corrected chi connectivity index (χ3v) is 5.10. The molecule has 3 heterocycles. The maximum atomic E-state index is 11.7. The molecule has 11 nitrogen and oxygen atoms in total. The van der Waals surface area contributed by atoms with Crippen molar-refractivity contribution in [3.63, 3.8) is 0 Å². The van der Waals surface area contributed by atoms with Crippen molar-refractivity contribution in [2.75, 3.05) is 38.7 Å². The number of ether oxygens (including phenoxy) is 4. The molecule has 2 aromatic heterocycles. The second-order valence-electron chi connectivity index (χ2n) is 8.16. The minimum absolute atomic E-state index is 0.0469. The zero-order chi connectivity index (χ0) is 24.5. The average molecular weight is 476 g/mol. The van der Waals surface area contributed by atoms with Crippen LogP contribution in [0.4, 0.5) is 16.3 Å². The Bertz CT molecular complexity index is 949. The molecule has 1 fully saturated rings. The van der Waals surface area contributed by atoms with Crippen LogP contribution < -0.4 is 14.8 Å². The Labute approximate surface area is 199 Å². The zero-order valence-electron chi connectivity index (χ0n) is 20.4. The number of nitrogens with zero attached hydrogens (tertiary/aromatic N) is 4. The van der Waals surface area contributed by atoms with Gasteiger partial charge in [-0.05, 0) is 33.8 Å².